The molecule has 130 valence electrons. The van der Waals surface area contributed by atoms with Crippen molar-refractivity contribution in [2.75, 3.05) is 25.0 Å². The van der Waals surface area contributed by atoms with Crippen molar-refractivity contribution >= 4 is 17.5 Å². The van der Waals surface area contributed by atoms with E-state index < -0.39 is 0 Å². The van der Waals surface area contributed by atoms with E-state index in [1.165, 1.54) is 0 Å². The van der Waals surface area contributed by atoms with Crippen LogP contribution in [0.1, 0.15) is 38.2 Å². The molecule has 0 saturated carbocycles. The van der Waals surface area contributed by atoms with Crippen molar-refractivity contribution in [3.8, 4) is 0 Å². The SMILES string of the molecule is CCO[C@H]1CCCN(C(=O)CC[C@H]2Cc3ccccc3NC2=O)C1. The fourth-order valence-electron chi connectivity index (χ4n) is 3.64. The topological polar surface area (TPSA) is 58.6 Å². The van der Waals surface area contributed by atoms with Crippen LogP contribution in [0, 0.1) is 5.92 Å². The number of piperidine rings is 1. The van der Waals surface area contributed by atoms with Crippen LogP contribution in [0.5, 0.6) is 0 Å². The largest absolute Gasteiger partial charge is 0.377 e. The Bertz CT molecular complexity index is 600. The van der Waals surface area contributed by atoms with E-state index in [1.807, 2.05) is 36.1 Å². The van der Waals surface area contributed by atoms with Gasteiger partial charge in [-0.2, -0.15) is 0 Å². The van der Waals surface area contributed by atoms with Crippen LogP contribution in [0.15, 0.2) is 24.3 Å². The number of fused-ring (bicyclic) bond motifs is 1. The Morgan fingerprint density at radius 1 is 1.38 bits per heavy atom. The van der Waals surface area contributed by atoms with Crippen molar-refractivity contribution < 1.29 is 14.3 Å². The summed E-state index contributed by atoms with van der Waals surface area (Å²) in [6.07, 6.45) is 3.94. The minimum absolute atomic E-state index is 0.0346. The first-order valence-electron chi connectivity index (χ1n) is 8.95. The zero-order chi connectivity index (χ0) is 16.9. The summed E-state index contributed by atoms with van der Waals surface area (Å²) in [6, 6.07) is 7.88. The number of anilines is 1. The van der Waals surface area contributed by atoms with Gasteiger partial charge in [0.15, 0.2) is 0 Å². The van der Waals surface area contributed by atoms with E-state index in [0.717, 1.165) is 37.1 Å². The van der Waals surface area contributed by atoms with Crippen LogP contribution in [0.3, 0.4) is 0 Å². The number of ether oxygens (including phenoxy) is 1. The zero-order valence-corrected chi connectivity index (χ0v) is 14.3. The van der Waals surface area contributed by atoms with Crippen molar-refractivity contribution in [3.05, 3.63) is 29.8 Å². The molecule has 0 aliphatic carbocycles. The highest BCUT2D eigenvalue weighted by atomic mass is 16.5. The molecule has 24 heavy (non-hydrogen) atoms. The third kappa shape index (κ3) is 3.96. The molecule has 0 aromatic heterocycles. The van der Waals surface area contributed by atoms with Gasteiger partial charge in [0.2, 0.25) is 11.8 Å². The lowest BCUT2D eigenvalue weighted by Gasteiger charge is -2.33. The van der Waals surface area contributed by atoms with Crippen LogP contribution in [-0.4, -0.2) is 42.5 Å². The fourth-order valence-corrected chi connectivity index (χ4v) is 3.64. The van der Waals surface area contributed by atoms with Gasteiger partial charge in [-0.1, -0.05) is 18.2 Å². The van der Waals surface area contributed by atoms with Crippen molar-refractivity contribution in [2.24, 2.45) is 5.92 Å². The first-order chi connectivity index (χ1) is 11.7. The molecule has 1 aromatic rings. The molecule has 5 nitrogen and oxygen atoms in total. The maximum Gasteiger partial charge on any atom is 0.227 e. The summed E-state index contributed by atoms with van der Waals surface area (Å²) in [5.74, 6) is 0.0646. The number of carbonyl (C=O) groups is 2. The van der Waals surface area contributed by atoms with E-state index in [2.05, 4.69) is 5.32 Å². The zero-order valence-electron chi connectivity index (χ0n) is 14.3. The summed E-state index contributed by atoms with van der Waals surface area (Å²) in [5, 5.41) is 2.95. The van der Waals surface area contributed by atoms with Gasteiger partial charge in [-0.05, 0) is 44.2 Å². The molecule has 2 heterocycles. The maximum absolute atomic E-state index is 12.5. The number of hydrogen-bond acceptors (Lipinski definition) is 3. The third-order valence-electron chi connectivity index (χ3n) is 4.95. The number of amides is 2. The number of nitrogens with one attached hydrogen (secondary N) is 1. The molecule has 2 atom stereocenters. The number of para-hydroxylation sites is 1. The standard InChI is InChI=1S/C19H26N2O3/c1-2-24-16-7-5-11-21(13-16)18(22)10-9-15-12-14-6-3-4-8-17(14)20-19(15)23/h3-4,6,8,15-16H,2,5,7,9-13H2,1H3,(H,20,23)/t15-,16-/m0/s1. The van der Waals surface area contributed by atoms with Crippen molar-refractivity contribution in [2.45, 2.75) is 45.1 Å². The molecule has 2 aliphatic heterocycles. The molecule has 1 fully saturated rings. The molecule has 0 radical (unpaired) electrons. The maximum atomic E-state index is 12.5. The molecule has 0 bridgehead atoms. The summed E-state index contributed by atoms with van der Waals surface area (Å²) < 4.78 is 5.66. The van der Waals surface area contributed by atoms with E-state index in [1.54, 1.807) is 0 Å². The molecule has 0 spiro atoms. The number of benzene rings is 1. The number of carbonyl (C=O) groups excluding carboxylic acids is 2. The average molecular weight is 330 g/mol. The molecule has 3 rings (SSSR count). The van der Waals surface area contributed by atoms with Gasteiger partial charge in [-0.3, -0.25) is 9.59 Å². The van der Waals surface area contributed by atoms with E-state index in [9.17, 15) is 9.59 Å². The molecule has 5 heteroatoms. The highest BCUT2D eigenvalue weighted by molar-refractivity contribution is 5.96. The van der Waals surface area contributed by atoms with Crippen molar-refractivity contribution in [1.82, 2.24) is 4.90 Å². The summed E-state index contributed by atoms with van der Waals surface area (Å²) in [5.41, 5.74) is 2.06. The predicted octanol–water partition coefficient (Wildman–Crippen LogP) is 2.61. The van der Waals surface area contributed by atoms with Gasteiger partial charge < -0.3 is 15.0 Å². The monoisotopic (exact) mass is 330 g/mol. The highest BCUT2D eigenvalue weighted by Crippen LogP contribution is 2.28. The normalized spacial score (nSPS) is 23.5. The highest BCUT2D eigenvalue weighted by Gasteiger charge is 2.28. The lowest BCUT2D eigenvalue weighted by atomic mass is 9.89. The van der Waals surface area contributed by atoms with Crippen molar-refractivity contribution in [1.29, 1.82) is 0 Å². The second-order valence-electron chi connectivity index (χ2n) is 6.65. The number of hydrogen-bond donors (Lipinski definition) is 1. The van der Waals surface area contributed by atoms with Gasteiger partial charge >= 0.3 is 0 Å². The van der Waals surface area contributed by atoms with Crippen molar-refractivity contribution in [3.63, 3.8) is 0 Å². The molecule has 1 aromatic carbocycles. The second-order valence-corrected chi connectivity index (χ2v) is 6.65. The molecule has 2 aliphatic rings. The Morgan fingerprint density at radius 3 is 3.04 bits per heavy atom. The van der Waals surface area contributed by atoms with Gasteiger partial charge in [0, 0.05) is 37.7 Å². The minimum atomic E-state index is -0.115. The smallest absolute Gasteiger partial charge is 0.227 e. The van der Waals surface area contributed by atoms with Crippen LogP contribution in [0.2, 0.25) is 0 Å². The van der Waals surface area contributed by atoms with E-state index >= 15 is 0 Å². The predicted molar refractivity (Wildman–Crippen MR) is 92.7 cm³/mol. The molecule has 0 unspecified atom stereocenters. The van der Waals surface area contributed by atoms with Crippen LogP contribution < -0.4 is 5.32 Å². The first kappa shape index (κ1) is 17.0. The fraction of sp³-hybridized carbons (Fsp3) is 0.579. The van der Waals surface area contributed by atoms with Crippen LogP contribution in [0.25, 0.3) is 0 Å². The Balaban J connectivity index is 1.52. The van der Waals surface area contributed by atoms with Gasteiger partial charge in [-0.25, -0.2) is 0 Å². The molecule has 2 amide bonds. The van der Waals surface area contributed by atoms with Gasteiger partial charge in [0.25, 0.3) is 0 Å². The average Bonchev–Trinajstić information content (AvgIpc) is 2.60. The molecular formula is C19H26N2O3. The van der Waals surface area contributed by atoms with Gasteiger partial charge in [-0.15, -0.1) is 0 Å². The van der Waals surface area contributed by atoms with Gasteiger partial charge in [0.05, 0.1) is 6.10 Å². The molecular weight excluding hydrogens is 304 g/mol. The molecule has 1 saturated heterocycles. The number of likely N-dealkylation sites (tertiary alicyclic amines) is 1. The van der Waals surface area contributed by atoms with Gasteiger partial charge in [0.1, 0.15) is 0 Å². The lowest BCUT2D eigenvalue weighted by molar-refractivity contribution is -0.135. The van der Waals surface area contributed by atoms with E-state index in [0.29, 0.717) is 26.0 Å². The number of nitrogens with zero attached hydrogens (tertiary/aromatic N) is 1. The Kier molecular flexibility index (Phi) is 5.51. The third-order valence-corrected chi connectivity index (χ3v) is 4.95. The van der Waals surface area contributed by atoms with E-state index in [-0.39, 0.29) is 23.8 Å². The van der Waals surface area contributed by atoms with Crippen LogP contribution in [-0.2, 0) is 20.7 Å². The quantitative estimate of drug-likeness (QED) is 0.903. The molecule has 1 N–H and O–H groups in total. The summed E-state index contributed by atoms with van der Waals surface area (Å²) >= 11 is 0. The Morgan fingerprint density at radius 2 is 2.21 bits per heavy atom. The summed E-state index contributed by atoms with van der Waals surface area (Å²) in [6.45, 7) is 4.17. The van der Waals surface area contributed by atoms with Crippen LogP contribution >= 0.6 is 0 Å². The lowest BCUT2D eigenvalue weighted by Crippen LogP contribution is -2.43. The first-order valence-corrected chi connectivity index (χ1v) is 8.95. The summed E-state index contributed by atoms with van der Waals surface area (Å²) in [7, 11) is 0. The van der Waals surface area contributed by atoms with E-state index in [4.69, 9.17) is 4.74 Å². The van der Waals surface area contributed by atoms with Crippen LogP contribution in [0.4, 0.5) is 5.69 Å². The Labute approximate surface area is 143 Å². The Hall–Kier alpha value is -1.88. The summed E-state index contributed by atoms with van der Waals surface area (Å²) in [4.78, 5) is 26.6. The number of rotatable bonds is 5. The second kappa shape index (κ2) is 7.79. The minimum Gasteiger partial charge on any atom is -0.377 e.